The Hall–Kier alpha value is -3.74. The minimum atomic E-state index is -0.233. The van der Waals surface area contributed by atoms with Crippen molar-refractivity contribution in [1.29, 1.82) is 0 Å². The molecule has 7 nitrogen and oxygen atoms in total. The van der Waals surface area contributed by atoms with Crippen LogP contribution in [0.4, 0.5) is 0 Å². The van der Waals surface area contributed by atoms with Crippen LogP contribution in [0.25, 0.3) is 22.6 Å². The molecule has 4 aromatic rings. The molecule has 0 aliphatic rings. The molecule has 0 aliphatic heterocycles. The predicted molar refractivity (Wildman–Crippen MR) is 113 cm³/mol. The van der Waals surface area contributed by atoms with Crippen LogP contribution >= 0.6 is 0 Å². The zero-order valence-corrected chi connectivity index (χ0v) is 17.1. The van der Waals surface area contributed by atoms with Gasteiger partial charge in [-0.2, -0.15) is 10.1 Å². The SMILES string of the molecule is CCOc1ccc(-c2noc(Cn3nc(-c4ccc(C)c(C)c4)ccc3=O)n2)cc1. The molecule has 2 heterocycles. The fourth-order valence-corrected chi connectivity index (χ4v) is 3.05. The first-order valence-corrected chi connectivity index (χ1v) is 9.75. The summed E-state index contributed by atoms with van der Waals surface area (Å²) in [5.74, 6) is 1.54. The lowest BCUT2D eigenvalue weighted by atomic mass is 10.0. The van der Waals surface area contributed by atoms with Gasteiger partial charge >= 0.3 is 0 Å². The Balaban J connectivity index is 1.57. The van der Waals surface area contributed by atoms with Gasteiger partial charge in [-0.1, -0.05) is 17.3 Å². The van der Waals surface area contributed by atoms with E-state index in [0.717, 1.165) is 16.9 Å². The summed E-state index contributed by atoms with van der Waals surface area (Å²) in [5.41, 5.74) is 4.61. The van der Waals surface area contributed by atoms with Gasteiger partial charge in [0, 0.05) is 17.2 Å². The Morgan fingerprint density at radius 3 is 2.47 bits per heavy atom. The van der Waals surface area contributed by atoms with Gasteiger partial charge in [0.1, 0.15) is 12.3 Å². The van der Waals surface area contributed by atoms with Crippen LogP contribution in [0.2, 0.25) is 0 Å². The Labute approximate surface area is 174 Å². The van der Waals surface area contributed by atoms with Gasteiger partial charge in [-0.25, -0.2) is 4.68 Å². The number of aryl methyl sites for hydroxylation is 2. The van der Waals surface area contributed by atoms with Crippen LogP contribution < -0.4 is 10.3 Å². The standard InChI is InChI=1S/C23H22N4O3/c1-4-29-19-9-7-17(8-10-19)23-24-21(30-26-23)14-27-22(28)12-11-20(25-27)18-6-5-15(2)16(3)13-18/h5-13H,4,14H2,1-3H3. The molecule has 0 fully saturated rings. The first-order chi connectivity index (χ1) is 14.5. The summed E-state index contributed by atoms with van der Waals surface area (Å²) < 4.78 is 12.1. The number of benzene rings is 2. The lowest BCUT2D eigenvalue weighted by Crippen LogP contribution is -2.23. The van der Waals surface area contributed by atoms with Crippen molar-refractivity contribution in [2.24, 2.45) is 0 Å². The maximum absolute atomic E-state index is 12.3. The Bertz CT molecular complexity index is 1230. The summed E-state index contributed by atoms with van der Waals surface area (Å²) in [7, 11) is 0. The van der Waals surface area contributed by atoms with E-state index in [4.69, 9.17) is 9.26 Å². The zero-order valence-electron chi connectivity index (χ0n) is 17.1. The van der Waals surface area contributed by atoms with E-state index >= 15 is 0 Å². The average molecular weight is 402 g/mol. The van der Waals surface area contributed by atoms with Crippen molar-refractivity contribution in [1.82, 2.24) is 19.9 Å². The molecule has 0 N–H and O–H groups in total. The molecule has 0 saturated heterocycles. The number of rotatable bonds is 6. The number of hydrogen-bond acceptors (Lipinski definition) is 6. The molecular formula is C23H22N4O3. The molecular weight excluding hydrogens is 380 g/mol. The molecule has 0 radical (unpaired) electrons. The van der Waals surface area contributed by atoms with E-state index in [1.807, 2.05) is 43.3 Å². The minimum Gasteiger partial charge on any atom is -0.494 e. The van der Waals surface area contributed by atoms with Crippen LogP contribution in [0.15, 0.2) is 63.9 Å². The van der Waals surface area contributed by atoms with E-state index in [0.29, 0.717) is 24.0 Å². The van der Waals surface area contributed by atoms with Crippen LogP contribution in [0, 0.1) is 13.8 Å². The quantitative estimate of drug-likeness (QED) is 0.484. The fourth-order valence-electron chi connectivity index (χ4n) is 3.05. The molecule has 0 amide bonds. The molecule has 4 rings (SSSR count). The highest BCUT2D eigenvalue weighted by Crippen LogP contribution is 2.21. The third-order valence-corrected chi connectivity index (χ3v) is 4.85. The number of ether oxygens (including phenoxy) is 1. The minimum absolute atomic E-state index is 0.0988. The fraction of sp³-hybridized carbons (Fsp3) is 0.217. The molecule has 0 aliphatic carbocycles. The Morgan fingerprint density at radius 2 is 1.73 bits per heavy atom. The molecule has 0 unspecified atom stereocenters. The van der Waals surface area contributed by atoms with Gasteiger partial charge in [-0.05, 0) is 68.3 Å². The van der Waals surface area contributed by atoms with Gasteiger partial charge in [0.25, 0.3) is 5.56 Å². The van der Waals surface area contributed by atoms with Crippen LogP contribution in [0.3, 0.4) is 0 Å². The second-order valence-electron chi connectivity index (χ2n) is 6.98. The Kier molecular flexibility index (Phi) is 5.43. The largest absolute Gasteiger partial charge is 0.494 e. The summed E-state index contributed by atoms with van der Waals surface area (Å²) in [4.78, 5) is 16.7. The molecule has 152 valence electrons. The van der Waals surface area contributed by atoms with Gasteiger partial charge in [-0.3, -0.25) is 4.79 Å². The molecule has 2 aromatic heterocycles. The summed E-state index contributed by atoms with van der Waals surface area (Å²) >= 11 is 0. The van der Waals surface area contributed by atoms with Gasteiger partial charge in [0.05, 0.1) is 12.3 Å². The van der Waals surface area contributed by atoms with E-state index in [-0.39, 0.29) is 12.1 Å². The van der Waals surface area contributed by atoms with Crippen LogP contribution in [-0.4, -0.2) is 26.5 Å². The van der Waals surface area contributed by atoms with Crippen molar-refractivity contribution in [3.8, 4) is 28.4 Å². The first-order valence-electron chi connectivity index (χ1n) is 9.75. The van der Waals surface area contributed by atoms with E-state index < -0.39 is 0 Å². The molecule has 2 aromatic carbocycles. The van der Waals surface area contributed by atoms with E-state index in [1.54, 1.807) is 6.07 Å². The second-order valence-corrected chi connectivity index (χ2v) is 6.98. The molecule has 0 bridgehead atoms. The van der Waals surface area contributed by atoms with Crippen molar-refractivity contribution >= 4 is 0 Å². The molecule has 0 atom stereocenters. The third-order valence-electron chi connectivity index (χ3n) is 4.85. The van der Waals surface area contributed by atoms with Crippen LogP contribution in [-0.2, 0) is 6.54 Å². The second kappa shape index (κ2) is 8.32. The maximum Gasteiger partial charge on any atom is 0.267 e. The van der Waals surface area contributed by atoms with Crippen molar-refractivity contribution in [3.05, 3.63) is 82.0 Å². The van der Waals surface area contributed by atoms with E-state index in [9.17, 15) is 4.79 Å². The first kappa shape index (κ1) is 19.6. The van der Waals surface area contributed by atoms with E-state index in [2.05, 4.69) is 35.2 Å². The molecule has 0 saturated carbocycles. The van der Waals surface area contributed by atoms with Crippen molar-refractivity contribution in [3.63, 3.8) is 0 Å². The average Bonchev–Trinajstić information content (AvgIpc) is 3.21. The van der Waals surface area contributed by atoms with Crippen molar-refractivity contribution in [2.75, 3.05) is 6.61 Å². The van der Waals surface area contributed by atoms with Gasteiger partial charge in [-0.15, -0.1) is 0 Å². The topological polar surface area (TPSA) is 83.0 Å². The third kappa shape index (κ3) is 4.15. The summed E-state index contributed by atoms with van der Waals surface area (Å²) in [6.07, 6.45) is 0. The number of aromatic nitrogens is 4. The summed E-state index contributed by atoms with van der Waals surface area (Å²) in [5, 5.41) is 8.50. The summed E-state index contributed by atoms with van der Waals surface area (Å²) in [6.45, 7) is 6.75. The Morgan fingerprint density at radius 1 is 0.967 bits per heavy atom. The van der Waals surface area contributed by atoms with Gasteiger partial charge in [0.2, 0.25) is 11.7 Å². The molecule has 0 spiro atoms. The van der Waals surface area contributed by atoms with Crippen LogP contribution in [0.1, 0.15) is 23.9 Å². The smallest absolute Gasteiger partial charge is 0.267 e. The highest BCUT2D eigenvalue weighted by molar-refractivity contribution is 5.60. The van der Waals surface area contributed by atoms with Crippen LogP contribution in [0.5, 0.6) is 5.75 Å². The number of hydrogen-bond donors (Lipinski definition) is 0. The predicted octanol–water partition coefficient (Wildman–Crippen LogP) is 4.02. The maximum atomic E-state index is 12.3. The highest BCUT2D eigenvalue weighted by atomic mass is 16.5. The molecule has 30 heavy (non-hydrogen) atoms. The van der Waals surface area contributed by atoms with E-state index in [1.165, 1.54) is 21.9 Å². The zero-order chi connectivity index (χ0) is 21.1. The highest BCUT2D eigenvalue weighted by Gasteiger charge is 2.12. The van der Waals surface area contributed by atoms with Crippen molar-refractivity contribution in [2.45, 2.75) is 27.3 Å². The lowest BCUT2D eigenvalue weighted by Gasteiger charge is -2.07. The van der Waals surface area contributed by atoms with Crippen molar-refractivity contribution < 1.29 is 9.26 Å². The van der Waals surface area contributed by atoms with Gasteiger partial charge in [0.15, 0.2) is 0 Å². The summed E-state index contributed by atoms with van der Waals surface area (Å²) in [6, 6.07) is 16.8. The van der Waals surface area contributed by atoms with Gasteiger partial charge < -0.3 is 9.26 Å². The normalized spacial score (nSPS) is 10.9. The molecule has 7 heteroatoms. The monoisotopic (exact) mass is 402 g/mol. The lowest BCUT2D eigenvalue weighted by molar-refractivity contribution is 0.340. The number of nitrogens with zero attached hydrogens (tertiary/aromatic N) is 4.